The van der Waals surface area contributed by atoms with Gasteiger partial charge in [-0.05, 0) is 41.5 Å². The first-order valence-corrected chi connectivity index (χ1v) is 8.10. The van der Waals surface area contributed by atoms with Crippen LogP contribution in [0, 0.1) is 11.3 Å². The van der Waals surface area contributed by atoms with Crippen LogP contribution in [-0.4, -0.2) is 12.1 Å². The molecule has 1 atom stereocenters. The zero-order valence-corrected chi connectivity index (χ0v) is 14.4. The number of nitrogens with zero attached hydrogens (tertiary/aromatic N) is 2. The molecule has 0 aliphatic heterocycles. The van der Waals surface area contributed by atoms with Crippen LogP contribution in [0.4, 0.5) is 5.69 Å². The third kappa shape index (κ3) is 3.90. The van der Waals surface area contributed by atoms with Gasteiger partial charge >= 0.3 is 0 Å². The van der Waals surface area contributed by atoms with Gasteiger partial charge in [-0.2, -0.15) is 5.26 Å². The summed E-state index contributed by atoms with van der Waals surface area (Å²) in [5, 5.41) is 13.2. The fraction of sp³-hybridized carbons (Fsp3) is 0.100. The van der Waals surface area contributed by atoms with Crippen LogP contribution in [0.25, 0.3) is 0 Å². The Morgan fingerprint density at radius 1 is 1.12 bits per heavy atom. The highest BCUT2D eigenvalue weighted by Crippen LogP contribution is 2.32. The lowest BCUT2D eigenvalue weighted by atomic mass is 9.98. The molecule has 3 aromatic rings. The Balaban J connectivity index is 2.02. The van der Waals surface area contributed by atoms with Gasteiger partial charge in [0.1, 0.15) is 17.5 Å². The van der Waals surface area contributed by atoms with Crippen LogP contribution in [0.15, 0.2) is 66.9 Å². The molecule has 0 radical (unpaired) electrons. The molecule has 0 fully saturated rings. The normalized spacial score (nSPS) is 11.4. The molecule has 2 aromatic carbocycles. The van der Waals surface area contributed by atoms with E-state index in [2.05, 4.69) is 16.4 Å². The summed E-state index contributed by atoms with van der Waals surface area (Å²) in [6, 6.07) is 20.9. The molecule has 3 rings (SSSR count). The molecule has 0 saturated heterocycles. The van der Waals surface area contributed by atoms with Crippen LogP contribution in [0.2, 0.25) is 5.02 Å². The summed E-state index contributed by atoms with van der Waals surface area (Å²) in [6.45, 7) is 0. The number of halogens is 1. The highest BCUT2D eigenvalue weighted by Gasteiger charge is 2.17. The van der Waals surface area contributed by atoms with E-state index in [4.69, 9.17) is 21.6 Å². The van der Waals surface area contributed by atoms with Crippen LogP contribution in [0.5, 0.6) is 5.75 Å². The maximum Gasteiger partial charge on any atom is 0.142 e. The highest BCUT2D eigenvalue weighted by molar-refractivity contribution is 6.31. The van der Waals surface area contributed by atoms with Crippen molar-refractivity contribution < 1.29 is 4.74 Å². The predicted octanol–water partition coefficient (Wildman–Crippen LogP) is 4.82. The van der Waals surface area contributed by atoms with Crippen molar-refractivity contribution in [3.63, 3.8) is 0 Å². The zero-order chi connectivity index (χ0) is 17.6. The molecular formula is C20H16ClN3O. The van der Waals surface area contributed by atoms with E-state index in [1.807, 2.05) is 54.6 Å². The molecular weight excluding hydrogens is 334 g/mol. The first-order valence-electron chi connectivity index (χ1n) is 7.72. The Morgan fingerprint density at radius 3 is 2.56 bits per heavy atom. The standard InChI is InChI=1S/C20H16ClN3O/c1-25-17-8-6-14(7-9-17)20(18-4-2-3-5-19(18)21)24-15-10-11-23-16(12-15)13-22/h2-12,20H,1H3,(H,23,24). The smallest absolute Gasteiger partial charge is 0.142 e. The average molecular weight is 350 g/mol. The minimum absolute atomic E-state index is 0.173. The minimum Gasteiger partial charge on any atom is -0.497 e. The molecule has 0 spiro atoms. The lowest BCUT2D eigenvalue weighted by Crippen LogP contribution is -2.13. The van der Waals surface area contributed by atoms with E-state index in [1.54, 1.807) is 19.4 Å². The number of ether oxygens (including phenoxy) is 1. The molecule has 124 valence electrons. The maximum atomic E-state index is 9.06. The molecule has 0 bridgehead atoms. The van der Waals surface area contributed by atoms with Crippen molar-refractivity contribution in [2.24, 2.45) is 0 Å². The second-order valence-corrected chi connectivity index (χ2v) is 5.82. The van der Waals surface area contributed by atoms with Crippen molar-refractivity contribution in [3.05, 3.63) is 88.7 Å². The summed E-state index contributed by atoms with van der Waals surface area (Å²) >= 11 is 6.42. The fourth-order valence-corrected chi connectivity index (χ4v) is 2.84. The van der Waals surface area contributed by atoms with Gasteiger partial charge in [-0.3, -0.25) is 0 Å². The minimum atomic E-state index is -0.173. The summed E-state index contributed by atoms with van der Waals surface area (Å²) < 4.78 is 5.24. The molecule has 1 N–H and O–H groups in total. The van der Waals surface area contributed by atoms with Crippen LogP contribution in [0.3, 0.4) is 0 Å². The van der Waals surface area contributed by atoms with Gasteiger partial charge in [0.2, 0.25) is 0 Å². The Kier molecular flexibility index (Phi) is 5.17. The van der Waals surface area contributed by atoms with Gasteiger partial charge in [-0.15, -0.1) is 0 Å². The van der Waals surface area contributed by atoms with Crippen molar-refractivity contribution in [1.29, 1.82) is 5.26 Å². The van der Waals surface area contributed by atoms with E-state index in [9.17, 15) is 0 Å². The number of methoxy groups -OCH3 is 1. The van der Waals surface area contributed by atoms with E-state index in [1.165, 1.54) is 0 Å². The maximum absolute atomic E-state index is 9.06. The Morgan fingerprint density at radius 2 is 1.88 bits per heavy atom. The van der Waals surface area contributed by atoms with Crippen LogP contribution in [0.1, 0.15) is 22.9 Å². The molecule has 25 heavy (non-hydrogen) atoms. The number of aromatic nitrogens is 1. The van der Waals surface area contributed by atoms with Gasteiger partial charge in [0.05, 0.1) is 13.2 Å². The van der Waals surface area contributed by atoms with E-state index >= 15 is 0 Å². The quantitative estimate of drug-likeness (QED) is 0.717. The van der Waals surface area contributed by atoms with Gasteiger partial charge in [0.25, 0.3) is 0 Å². The number of anilines is 1. The van der Waals surface area contributed by atoms with E-state index in [0.29, 0.717) is 10.7 Å². The van der Waals surface area contributed by atoms with E-state index in [-0.39, 0.29) is 6.04 Å². The fourth-order valence-electron chi connectivity index (χ4n) is 2.59. The van der Waals surface area contributed by atoms with Crippen LogP contribution < -0.4 is 10.1 Å². The predicted molar refractivity (Wildman–Crippen MR) is 98.9 cm³/mol. The number of pyridine rings is 1. The number of hydrogen-bond acceptors (Lipinski definition) is 4. The monoisotopic (exact) mass is 349 g/mol. The Hall–Kier alpha value is -3.03. The van der Waals surface area contributed by atoms with Crippen LogP contribution in [-0.2, 0) is 0 Å². The summed E-state index contributed by atoms with van der Waals surface area (Å²) in [6.07, 6.45) is 1.61. The first kappa shape index (κ1) is 16.8. The molecule has 4 nitrogen and oxygen atoms in total. The number of hydrogen-bond donors (Lipinski definition) is 1. The second-order valence-electron chi connectivity index (χ2n) is 5.41. The van der Waals surface area contributed by atoms with Gasteiger partial charge in [0, 0.05) is 16.9 Å². The highest BCUT2D eigenvalue weighted by atomic mass is 35.5. The number of nitrogens with one attached hydrogen (secondary N) is 1. The molecule has 1 aromatic heterocycles. The van der Waals surface area contributed by atoms with Gasteiger partial charge < -0.3 is 10.1 Å². The SMILES string of the molecule is COc1ccc(C(Nc2ccnc(C#N)c2)c2ccccc2Cl)cc1. The van der Waals surface area contributed by atoms with Gasteiger partial charge in [-0.25, -0.2) is 4.98 Å². The van der Waals surface area contributed by atoms with E-state index < -0.39 is 0 Å². The zero-order valence-electron chi connectivity index (χ0n) is 13.6. The Bertz CT molecular complexity index is 903. The average Bonchev–Trinajstić information content (AvgIpc) is 2.67. The number of nitriles is 1. The van der Waals surface area contributed by atoms with Crippen molar-refractivity contribution in [3.8, 4) is 11.8 Å². The third-order valence-corrected chi connectivity index (χ3v) is 4.20. The van der Waals surface area contributed by atoms with E-state index in [0.717, 1.165) is 22.6 Å². The lowest BCUT2D eigenvalue weighted by Gasteiger charge is -2.22. The summed E-state index contributed by atoms with van der Waals surface area (Å²) in [5.41, 5.74) is 3.14. The number of rotatable bonds is 5. The molecule has 5 heteroatoms. The largest absolute Gasteiger partial charge is 0.497 e. The summed E-state index contributed by atoms with van der Waals surface area (Å²) in [5.74, 6) is 0.789. The molecule has 0 saturated carbocycles. The Labute approximate surface area is 151 Å². The van der Waals surface area contributed by atoms with Gasteiger partial charge in [0.15, 0.2) is 0 Å². The lowest BCUT2D eigenvalue weighted by molar-refractivity contribution is 0.414. The van der Waals surface area contributed by atoms with Crippen molar-refractivity contribution in [2.75, 3.05) is 12.4 Å². The first-order chi connectivity index (χ1) is 12.2. The summed E-state index contributed by atoms with van der Waals surface area (Å²) in [7, 11) is 1.64. The molecule has 0 aliphatic rings. The molecule has 0 aliphatic carbocycles. The molecule has 1 heterocycles. The topological polar surface area (TPSA) is 57.9 Å². The van der Waals surface area contributed by atoms with Crippen molar-refractivity contribution in [1.82, 2.24) is 4.98 Å². The summed E-state index contributed by atoms with van der Waals surface area (Å²) in [4.78, 5) is 4.01. The van der Waals surface area contributed by atoms with Crippen molar-refractivity contribution >= 4 is 17.3 Å². The van der Waals surface area contributed by atoms with Gasteiger partial charge in [-0.1, -0.05) is 41.9 Å². The third-order valence-electron chi connectivity index (χ3n) is 3.85. The molecule has 1 unspecified atom stereocenters. The second kappa shape index (κ2) is 7.69. The number of benzene rings is 2. The van der Waals surface area contributed by atoms with Crippen molar-refractivity contribution in [2.45, 2.75) is 6.04 Å². The molecule has 0 amide bonds. The van der Waals surface area contributed by atoms with Crippen LogP contribution >= 0.6 is 11.6 Å².